The predicted octanol–water partition coefficient (Wildman–Crippen LogP) is 2.71. The van der Waals surface area contributed by atoms with Gasteiger partial charge in [0.25, 0.3) is 0 Å². The van der Waals surface area contributed by atoms with E-state index < -0.39 is 0 Å². The van der Waals surface area contributed by atoms with Gasteiger partial charge in [-0.3, -0.25) is 0 Å². The monoisotopic (exact) mass is 246 g/mol. The molecule has 0 amide bonds. The maximum absolute atomic E-state index is 8.83. The molecule has 0 atom stereocenters. The van der Waals surface area contributed by atoms with Gasteiger partial charge in [-0.15, -0.1) is 0 Å². The minimum absolute atomic E-state index is 0.225. The summed E-state index contributed by atoms with van der Waals surface area (Å²) >= 11 is 0. The quantitative estimate of drug-likeness (QED) is 0.804. The van der Waals surface area contributed by atoms with E-state index in [0.717, 1.165) is 31.7 Å². The molecule has 1 aromatic rings. The lowest BCUT2D eigenvalue weighted by Crippen LogP contribution is -2.30. The van der Waals surface area contributed by atoms with Crippen LogP contribution in [0.15, 0.2) is 24.3 Å². The first-order valence-corrected chi connectivity index (χ1v) is 6.26. The summed E-state index contributed by atoms with van der Waals surface area (Å²) in [6.07, 6.45) is 1.04. The first kappa shape index (κ1) is 14.7. The fourth-order valence-electron chi connectivity index (χ4n) is 1.76. The van der Waals surface area contributed by atoms with E-state index in [0.29, 0.717) is 5.56 Å². The third-order valence-corrected chi connectivity index (χ3v) is 2.97. The number of nitriles is 1. The van der Waals surface area contributed by atoms with E-state index >= 15 is 0 Å². The second kappa shape index (κ2) is 7.15. The van der Waals surface area contributed by atoms with Crippen LogP contribution in [0.3, 0.4) is 0 Å². The van der Waals surface area contributed by atoms with Gasteiger partial charge in [0.2, 0.25) is 0 Å². The second-order valence-corrected chi connectivity index (χ2v) is 5.32. The van der Waals surface area contributed by atoms with Crippen molar-refractivity contribution in [3.05, 3.63) is 35.4 Å². The van der Waals surface area contributed by atoms with Crippen molar-refractivity contribution >= 4 is 0 Å². The highest BCUT2D eigenvalue weighted by Gasteiger charge is 2.16. The summed E-state index contributed by atoms with van der Waals surface area (Å²) in [5.74, 6) is 0. The number of hydrogen-bond donors (Lipinski definition) is 1. The third kappa shape index (κ3) is 5.31. The van der Waals surface area contributed by atoms with Crippen LogP contribution in [-0.2, 0) is 11.3 Å². The summed E-state index contributed by atoms with van der Waals surface area (Å²) in [5, 5.41) is 12.3. The lowest BCUT2D eigenvalue weighted by atomic mass is 9.89. The molecule has 0 aromatic heterocycles. The summed E-state index contributed by atoms with van der Waals surface area (Å²) < 4.78 is 5.11. The number of hydrogen-bond acceptors (Lipinski definition) is 3. The van der Waals surface area contributed by atoms with Crippen molar-refractivity contribution in [2.24, 2.45) is 5.41 Å². The Labute approximate surface area is 110 Å². The lowest BCUT2D eigenvalue weighted by molar-refractivity contribution is 0.150. The molecule has 0 spiro atoms. The number of rotatable bonds is 7. The summed E-state index contributed by atoms with van der Waals surface area (Å²) in [7, 11) is 1.73. The summed E-state index contributed by atoms with van der Waals surface area (Å²) in [5.41, 5.74) is 2.09. The van der Waals surface area contributed by atoms with E-state index in [1.807, 2.05) is 24.3 Å². The molecule has 98 valence electrons. The van der Waals surface area contributed by atoms with Gasteiger partial charge >= 0.3 is 0 Å². The van der Waals surface area contributed by atoms with Crippen molar-refractivity contribution in [1.82, 2.24) is 5.32 Å². The number of nitrogens with one attached hydrogen (secondary N) is 1. The van der Waals surface area contributed by atoms with Gasteiger partial charge in [-0.2, -0.15) is 5.26 Å². The maximum atomic E-state index is 8.83. The van der Waals surface area contributed by atoms with Crippen LogP contribution in [0.5, 0.6) is 0 Å². The molecule has 0 heterocycles. The van der Waals surface area contributed by atoms with E-state index in [2.05, 4.69) is 25.2 Å². The molecule has 0 bridgehead atoms. The van der Waals surface area contributed by atoms with Crippen molar-refractivity contribution in [2.75, 3.05) is 20.3 Å². The van der Waals surface area contributed by atoms with Crippen LogP contribution in [0.25, 0.3) is 0 Å². The van der Waals surface area contributed by atoms with Crippen LogP contribution >= 0.6 is 0 Å². The van der Waals surface area contributed by atoms with Crippen molar-refractivity contribution in [2.45, 2.75) is 26.8 Å². The van der Waals surface area contributed by atoms with E-state index in [1.54, 1.807) is 7.11 Å². The van der Waals surface area contributed by atoms with Gasteiger partial charge in [0, 0.05) is 26.8 Å². The van der Waals surface area contributed by atoms with E-state index in [-0.39, 0.29) is 5.41 Å². The molecule has 1 N–H and O–H groups in total. The second-order valence-electron chi connectivity index (χ2n) is 5.32. The van der Waals surface area contributed by atoms with Crippen molar-refractivity contribution in [1.29, 1.82) is 5.26 Å². The molecule has 0 unspecified atom stereocenters. The van der Waals surface area contributed by atoms with Crippen LogP contribution in [0.1, 0.15) is 31.4 Å². The molecular formula is C15H22N2O. The van der Waals surface area contributed by atoms with E-state index in [1.165, 1.54) is 0 Å². The number of methoxy groups -OCH3 is 1. The largest absolute Gasteiger partial charge is 0.385 e. The highest BCUT2D eigenvalue weighted by atomic mass is 16.5. The zero-order chi connectivity index (χ0) is 13.4. The van der Waals surface area contributed by atoms with E-state index in [4.69, 9.17) is 10.00 Å². The van der Waals surface area contributed by atoms with Gasteiger partial charge in [-0.25, -0.2) is 0 Å². The van der Waals surface area contributed by atoms with Crippen LogP contribution in [-0.4, -0.2) is 20.3 Å². The average Bonchev–Trinajstić information content (AvgIpc) is 2.36. The van der Waals surface area contributed by atoms with Crippen molar-refractivity contribution in [3.63, 3.8) is 0 Å². The van der Waals surface area contributed by atoms with Crippen LogP contribution in [0.4, 0.5) is 0 Å². The van der Waals surface area contributed by atoms with Crippen LogP contribution in [0, 0.1) is 16.7 Å². The maximum Gasteiger partial charge on any atom is 0.0991 e. The molecule has 18 heavy (non-hydrogen) atoms. The van der Waals surface area contributed by atoms with Gasteiger partial charge in [-0.1, -0.05) is 26.0 Å². The van der Waals surface area contributed by atoms with Gasteiger partial charge in [0.1, 0.15) is 0 Å². The normalized spacial score (nSPS) is 11.2. The first-order chi connectivity index (χ1) is 8.57. The van der Waals surface area contributed by atoms with E-state index in [9.17, 15) is 0 Å². The highest BCUT2D eigenvalue weighted by Crippen LogP contribution is 2.18. The zero-order valence-electron chi connectivity index (χ0n) is 11.5. The highest BCUT2D eigenvalue weighted by molar-refractivity contribution is 5.32. The molecule has 0 aliphatic rings. The van der Waals surface area contributed by atoms with Crippen molar-refractivity contribution in [3.8, 4) is 6.07 Å². The Morgan fingerprint density at radius 1 is 1.39 bits per heavy atom. The summed E-state index contributed by atoms with van der Waals surface area (Å²) in [6.45, 7) is 6.98. The molecular weight excluding hydrogens is 224 g/mol. The minimum atomic E-state index is 0.225. The minimum Gasteiger partial charge on any atom is -0.385 e. The molecule has 0 saturated heterocycles. The van der Waals surface area contributed by atoms with Gasteiger partial charge in [0.15, 0.2) is 0 Å². The average molecular weight is 246 g/mol. The van der Waals surface area contributed by atoms with Gasteiger partial charge in [0.05, 0.1) is 11.6 Å². The number of benzene rings is 1. The molecule has 0 fully saturated rings. The van der Waals surface area contributed by atoms with Crippen LogP contribution in [0.2, 0.25) is 0 Å². The molecule has 3 nitrogen and oxygen atoms in total. The Morgan fingerprint density at radius 3 is 2.83 bits per heavy atom. The molecule has 0 aliphatic carbocycles. The third-order valence-electron chi connectivity index (χ3n) is 2.97. The van der Waals surface area contributed by atoms with Gasteiger partial charge in [-0.05, 0) is 29.5 Å². The standard InChI is InChI=1S/C15H22N2O/c1-15(2,7-8-18-3)12-17-11-14-6-4-5-13(9-14)10-16/h4-6,9,17H,7-8,11-12H2,1-3H3. The smallest absolute Gasteiger partial charge is 0.0991 e. The Morgan fingerprint density at radius 2 is 2.17 bits per heavy atom. The molecule has 1 aromatic carbocycles. The summed E-state index contributed by atoms with van der Waals surface area (Å²) in [6, 6.07) is 9.87. The molecule has 0 aliphatic heterocycles. The molecule has 1 rings (SSSR count). The summed E-state index contributed by atoms with van der Waals surface area (Å²) in [4.78, 5) is 0. The Balaban J connectivity index is 2.39. The Kier molecular flexibility index (Phi) is 5.84. The van der Waals surface area contributed by atoms with Crippen LogP contribution < -0.4 is 5.32 Å². The van der Waals surface area contributed by atoms with Gasteiger partial charge < -0.3 is 10.1 Å². The lowest BCUT2D eigenvalue weighted by Gasteiger charge is -2.24. The molecule has 3 heteroatoms. The number of ether oxygens (including phenoxy) is 1. The van der Waals surface area contributed by atoms with Crippen molar-refractivity contribution < 1.29 is 4.74 Å². The fourth-order valence-corrected chi connectivity index (χ4v) is 1.76. The molecule has 0 radical (unpaired) electrons. The fraction of sp³-hybridized carbons (Fsp3) is 0.533. The number of nitrogens with zero attached hydrogens (tertiary/aromatic N) is 1. The first-order valence-electron chi connectivity index (χ1n) is 6.26. The Bertz CT molecular complexity index is 407. The molecule has 0 saturated carbocycles. The predicted molar refractivity (Wildman–Crippen MR) is 73.1 cm³/mol. The zero-order valence-corrected chi connectivity index (χ0v) is 11.5. The SMILES string of the molecule is COCCC(C)(C)CNCc1cccc(C#N)c1. The topological polar surface area (TPSA) is 45.0 Å². The Hall–Kier alpha value is -1.37.